The maximum Gasteiger partial charge on any atom is 0.136 e. The summed E-state index contributed by atoms with van der Waals surface area (Å²) in [4.78, 5) is 2.34. The highest BCUT2D eigenvalue weighted by atomic mass is 16.5. The van der Waals surface area contributed by atoms with Crippen LogP contribution in [0.2, 0.25) is 0 Å². The minimum Gasteiger partial charge on any atom is -0.495 e. The topological polar surface area (TPSA) is 45.5 Å². The van der Waals surface area contributed by atoms with Gasteiger partial charge in [-0.3, -0.25) is 4.90 Å². The minimum atomic E-state index is 0.582. The molecular weight excluding hydrogens is 216 g/mol. The molecular formula is C13H16N2O2. The van der Waals surface area contributed by atoms with E-state index in [2.05, 4.69) is 11.0 Å². The van der Waals surface area contributed by atoms with E-state index in [0.717, 1.165) is 32.8 Å². The Morgan fingerprint density at radius 3 is 2.82 bits per heavy atom. The van der Waals surface area contributed by atoms with Crippen LogP contribution in [0.15, 0.2) is 18.2 Å². The van der Waals surface area contributed by atoms with Gasteiger partial charge in [-0.1, -0.05) is 6.07 Å². The molecule has 0 amide bonds. The van der Waals surface area contributed by atoms with Gasteiger partial charge in [-0.25, -0.2) is 0 Å². The monoisotopic (exact) mass is 232 g/mol. The van der Waals surface area contributed by atoms with Crippen molar-refractivity contribution < 1.29 is 9.47 Å². The summed E-state index contributed by atoms with van der Waals surface area (Å²) in [6.07, 6.45) is 0. The molecule has 0 spiro atoms. The van der Waals surface area contributed by atoms with Crippen LogP contribution >= 0.6 is 0 Å². The molecule has 0 bridgehead atoms. The molecule has 1 aliphatic rings. The van der Waals surface area contributed by atoms with Gasteiger partial charge in [0.25, 0.3) is 0 Å². The molecule has 0 aliphatic carbocycles. The largest absolute Gasteiger partial charge is 0.495 e. The molecule has 90 valence electrons. The lowest BCUT2D eigenvalue weighted by atomic mass is 10.1. The smallest absolute Gasteiger partial charge is 0.136 e. The second kappa shape index (κ2) is 5.67. The summed E-state index contributed by atoms with van der Waals surface area (Å²) >= 11 is 0. The van der Waals surface area contributed by atoms with Crippen LogP contribution in [0.3, 0.4) is 0 Å². The Morgan fingerprint density at radius 1 is 1.41 bits per heavy atom. The highest BCUT2D eigenvalue weighted by Crippen LogP contribution is 2.20. The lowest BCUT2D eigenvalue weighted by Gasteiger charge is -2.26. The maximum atomic E-state index is 8.90. The van der Waals surface area contributed by atoms with E-state index < -0.39 is 0 Å². The van der Waals surface area contributed by atoms with Gasteiger partial charge in [-0.2, -0.15) is 5.26 Å². The SMILES string of the molecule is COc1cc(CN2CCOCC2)ccc1C#N. The van der Waals surface area contributed by atoms with Gasteiger partial charge in [0.2, 0.25) is 0 Å². The van der Waals surface area contributed by atoms with Crippen LogP contribution in [0.25, 0.3) is 0 Å². The van der Waals surface area contributed by atoms with Gasteiger partial charge in [0, 0.05) is 19.6 Å². The molecule has 2 rings (SSSR count). The molecule has 4 nitrogen and oxygen atoms in total. The van der Waals surface area contributed by atoms with Gasteiger partial charge in [0.15, 0.2) is 0 Å². The van der Waals surface area contributed by atoms with Crippen LogP contribution < -0.4 is 4.74 Å². The fraction of sp³-hybridized carbons (Fsp3) is 0.462. The molecule has 0 radical (unpaired) electrons. The van der Waals surface area contributed by atoms with Crippen LogP contribution in [-0.2, 0) is 11.3 Å². The molecule has 17 heavy (non-hydrogen) atoms. The number of rotatable bonds is 3. The molecule has 0 N–H and O–H groups in total. The first-order valence-electron chi connectivity index (χ1n) is 5.70. The van der Waals surface area contributed by atoms with Crippen LogP contribution in [-0.4, -0.2) is 38.3 Å². The van der Waals surface area contributed by atoms with E-state index in [-0.39, 0.29) is 0 Å². The predicted octanol–water partition coefficient (Wildman–Crippen LogP) is 1.40. The summed E-state index contributed by atoms with van der Waals surface area (Å²) in [5, 5.41) is 8.90. The van der Waals surface area contributed by atoms with Gasteiger partial charge in [-0.05, 0) is 17.7 Å². The van der Waals surface area contributed by atoms with Crippen molar-refractivity contribution in [2.75, 3.05) is 33.4 Å². The minimum absolute atomic E-state index is 0.582. The molecule has 1 aromatic carbocycles. The van der Waals surface area contributed by atoms with Crippen LogP contribution in [0.1, 0.15) is 11.1 Å². The zero-order chi connectivity index (χ0) is 12.1. The van der Waals surface area contributed by atoms with Crippen LogP contribution in [0.4, 0.5) is 0 Å². The third kappa shape index (κ3) is 2.96. The zero-order valence-electron chi connectivity index (χ0n) is 9.98. The fourth-order valence-corrected chi connectivity index (χ4v) is 1.94. The zero-order valence-corrected chi connectivity index (χ0v) is 9.98. The summed E-state index contributed by atoms with van der Waals surface area (Å²) < 4.78 is 10.5. The maximum absolute atomic E-state index is 8.90. The number of nitriles is 1. The van der Waals surface area contributed by atoms with E-state index >= 15 is 0 Å². The van der Waals surface area contributed by atoms with E-state index in [1.54, 1.807) is 7.11 Å². The van der Waals surface area contributed by atoms with Gasteiger partial charge in [0.05, 0.1) is 25.9 Å². The average molecular weight is 232 g/mol. The molecule has 1 aromatic rings. The van der Waals surface area contributed by atoms with Gasteiger partial charge >= 0.3 is 0 Å². The molecule has 0 atom stereocenters. The lowest BCUT2D eigenvalue weighted by Crippen LogP contribution is -2.35. The van der Waals surface area contributed by atoms with Crippen LogP contribution in [0, 0.1) is 11.3 Å². The van der Waals surface area contributed by atoms with Crippen molar-refractivity contribution >= 4 is 0 Å². The van der Waals surface area contributed by atoms with E-state index in [0.29, 0.717) is 11.3 Å². The van der Waals surface area contributed by atoms with Gasteiger partial charge in [-0.15, -0.1) is 0 Å². The van der Waals surface area contributed by atoms with E-state index in [1.807, 2.05) is 18.2 Å². The number of nitrogens with zero attached hydrogens (tertiary/aromatic N) is 2. The first-order valence-corrected chi connectivity index (χ1v) is 5.70. The first kappa shape index (κ1) is 11.9. The summed E-state index contributed by atoms with van der Waals surface area (Å²) in [6, 6.07) is 7.85. The highest BCUT2D eigenvalue weighted by Gasteiger charge is 2.11. The van der Waals surface area contributed by atoms with Crippen molar-refractivity contribution in [3.05, 3.63) is 29.3 Å². The second-order valence-corrected chi connectivity index (χ2v) is 4.03. The van der Waals surface area contributed by atoms with Crippen LogP contribution in [0.5, 0.6) is 5.75 Å². The Kier molecular flexibility index (Phi) is 3.97. The van der Waals surface area contributed by atoms with Crippen molar-refractivity contribution in [3.63, 3.8) is 0 Å². The molecule has 1 fully saturated rings. The third-order valence-electron chi connectivity index (χ3n) is 2.90. The molecule has 0 aromatic heterocycles. The number of ether oxygens (including phenoxy) is 2. The summed E-state index contributed by atoms with van der Waals surface area (Å²) in [5.41, 5.74) is 1.75. The fourth-order valence-electron chi connectivity index (χ4n) is 1.94. The number of morpholine rings is 1. The molecule has 0 saturated carbocycles. The molecule has 4 heteroatoms. The Morgan fingerprint density at radius 2 is 2.18 bits per heavy atom. The number of methoxy groups -OCH3 is 1. The summed E-state index contributed by atoms with van der Waals surface area (Å²) in [5.74, 6) is 0.651. The van der Waals surface area contributed by atoms with Crippen molar-refractivity contribution in [3.8, 4) is 11.8 Å². The second-order valence-electron chi connectivity index (χ2n) is 4.03. The Bertz CT molecular complexity index is 420. The normalized spacial score (nSPS) is 16.5. The Labute approximate surface area is 101 Å². The standard InChI is InChI=1S/C13H16N2O2/c1-16-13-8-11(2-3-12(13)9-14)10-15-4-6-17-7-5-15/h2-3,8H,4-7,10H2,1H3. The Balaban J connectivity index is 2.08. The summed E-state index contributed by atoms with van der Waals surface area (Å²) in [7, 11) is 1.59. The Hall–Kier alpha value is -1.57. The lowest BCUT2D eigenvalue weighted by molar-refractivity contribution is 0.0341. The average Bonchev–Trinajstić information content (AvgIpc) is 2.40. The van der Waals surface area contributed by atoms with Crippen molar-refractivity contribution in [2.45, 2.75) is 6.54 Å². The van der Waals surface area contributed by atoms with Crippen molar-refractivity contribution in [1.82, 2.24) is 4.90 Å². The molecule has 1 aliphatic heterocycles. The number of benzene rings is 1. The quantitative estimate of drug-likeness (QED) is 0.790. The molecule has 1 heterocycles. The highest BCUT2D eigenvalue weighted by molar-refractivity contribution is 5.45. The van der Waals surface area contributed by atoms with Crippen molar-refractivity contribution in [1.29, 1.82) is 5.26 Å². The van der Waals surface area contributed by atoms with E-state index in [4.69, 9.17) is 14.7 Å². The third-order valence-corrected chi connectivity index (χ3v) is 2.90. The van der Waals surface area contributed by atoms with Gasteiger partial charge < -0.3 is 9.47 Å². The predicted molar refractivity (Wildman–Crippen MR) is 63.8 cm³/mol. The van der Waals surface area contributed by atoms with Gasteiger partial charge in [0.1, 0.15) is 11.8 Å². The van der Waals surface area contributed by atoms with E-state index in [1.165, 1.54) is 5.56 Å². The van der Waals surface area contributed by atoms with E-state index in [9.17, 15) is 0 Å². The van der Waals surface area contributed by atoms with Crippen molar-refractivity contribution in [2.24, 2.45) is 0 Å². The summed E-state index contributed by atoms with van der Waals surface area (Å²) in [6.45, 7) is 4.40. The molecule has 0 unspecified atom stereocenters. The number of hydrogen-bond acceptors (Lipinski definition) is 4. The molecule has 1 saturated heterocycles. The number of hydrogen-bond donors (Lipinski definition) is 0. The first-order chi connectivity index (χ1) is 8.33.